The van der Waals surface area contributed by atoms with Gasteiger partial charge < -0.3 is 15.3 Å². The van der Waals surface area contributed by atoms with Gasteiger partial charge in [-0.05, 0) is 49.9 Å². The van der Waals surface area contributed by atoms with Crippen LogP contribution < -0.4 is 5.32 Å². The fourth-order valence-corrected chi connectivity index (χ4v) is 4.14. The molecule has 1 saturated carbocycles. The van der Waals surface area contributed by atoms with Crippen molar-refractivity contribution < 1.29 is 9.90 Å². The number of fused-ring (bicyclic) bond motifs is 1. The highest BCUT2D eigenvalue weighted by molar-refractivity contribution is 5.75. The van der Waals surface area contributed by atoms with Gasteiger partial charge in [0.15, 0.2) is 0 Å². The molecule has 2 N–H and O–H groups in total. The summed E-state index contributed by atoms with van der Waals surface area (Å²) >= 11 is 0. The minimum absolute atomic E-state index is 0.121. The van der Waals surface area contributed by atoms with Crippen molar-refractivity contribution in [2.45, 2.75) is 64.8 Å². The van der Waals surface area contributed by atoms with Crippen LogP contribution in [0.15, 0.2) is 0 Å². The average Bonchev–Trinajstić information content (AvgIpc) is 2.88. The van der Waals surface area contributed by atoms with Gasteiger partial charge in [-0.2, -0.15) is 0 Å². The van der Waals surface area contributed by atoms with E-state index in [9.17, 15) is 4.79 Å². The van der Waals surface area contributed by atoms with Gasteiger partial charge >= 0.3 is 6.03 Å². The Balaban J connectivity index is 1.80. The predicted molar refractivity (Wildman–Crippen MR) is 85.1 cm³/mol. The van der Waals surface area contributed by atoms with Gasteiger partial charge in [-0.1, -0.05) is 26.7 Å². The number of nitrogens with one attached hydrogen (secondary N) is 1. The lowest BCUT2D eigenvalue weighted by molar-refractivity contribution is 0.166. The second-order valence-corrected chi connectivity index (χ2v) is 7.29. The molecule has 1 aliphatic carbocycles. The van der Waals surface area contributed by atoms with Crippen LogP contribution in [0.3, 0.4) is 0 Å². The highest BCUT2D eigenvalue weighted by Crippen LogP contribution is 2.36. The zero-order valence-electron chi connectivity index (χ0n) is 13.7. The van der Waals surface area contributed by atoms with Gasteiger partial charge in [0.2, 0.25) is 0 Å². The molecule has 122 valence electrons. The second-order valence-electron chi connectivity index (χ2n) is 7.29. The number of aliphatic hydroxyl groups excluding tert-OH is 1. The predicted octanol–water partition coefficient (Wildman–Crippen LogP) is 3.01. The molecule has 2 aliphatic rings. The summed E-state index contributed by atoms with van der Waals surface area (Å²) in [4.78, 5) is 14.5. The third kappa shape index (κ3) is 4.60. The van der Waals surface area contributed by atoms with E-state index < -0.39 is 0 Å². The van der Waals surface area contributed by atoms with E-state index in [1.54, 1.807) is 0 Å². The second kappa shape index (κ2) is 8.02. The first-order valence-electron chi connectivity index (χ1n) is 8.77. The number of carbonyl (C=O) groups excluding carboxylic acids is 1. The van der Waals surface area contributed by atoms with Gasteiger partial charge in [0.25, 0.3) is 0 Å². The maximum atomic E-state index is 12.4. The van der Waals surface area contributed by atoms with Crippen molar-refractivity contribution in [2.24, 2.45) is 17.8 Å². The Morgan fingerprint density at radius 3 is 2.76 bits per heavy atom. The summed E-state index contributed by atoms with van der Waals surface area (Å²) in [5, 5.41) is 12.3. The first-order valence-corrected chi connectivity index (χ1v) is 8.77. The van der Waals surface area contributed by atoms with Crippen molar-refractivity contribution in [1.29, 1.82) is 0 Å². The van der Waals surface area contributed by atoms with Crippen molar-refractivity contribution in [3.05, 3.63) is 0 Å². The first-order chi connectivity index (χ1) is 10.1. The number of amides is 2. The molecule has 2 amide bonds. The summed E-state index contributed by atoms with van der Waals surface area (Å²) in [7, 11) is 0. The molecule has 0 aromatic heterocycles. The molecule has 0 aromatic carbocycles. The lowest BCUT2D eigenvalue weighted by Gasteiger charge is -2.32. The summed E-state index contributed by atoms with van der Waals surface area (Å²) in [6.07, 6.45) is 8.12. The van der Waals surface area contributed by atoms with Gasteiger partial charge in [-0.25, -0.2) is 4.79 Å². The van der Waals surface area contributed by atoms with Gasteiger partial charge in [0, 0.05) is 25.7 Å². The molecule has 2 rings (SSSR count). The van der Waals surface area contributed by atoms with Crippen LogP contribution >= 0.6 is 0 Å². The quantitative estimate of drug-likeness (QED) is 0.791. The standard InChI is InChI=1S/C17H32N2O2/c1-13(2)11-14(8-10-20)12-18-17(21)19-9-7-15-5-3-4-6-16(15)19/h13-16,20H,3-12H2,1-2H3,(H,18,21). The summed E-state index contributed by atoms with van der Waals surface area (Å²) in [5.41, 5.74) is 0. The van der Waals surface area contributed by atoms with E-state index in [1.807, 2.05) is 0 Å². The normalized spacial score (nSPS) is 26.8. The lowest BCUT2D eigenvalue weighted by Crippen LogP contribution is -2.46. The van der Waals surface area contributed by atoms with E-state index in [4.69, 9.17) is 5.11 Å². The first kappa shape index (κ1) is 16.6. The smallest absolute Gasteiger partial charge is 0.317 e. The summed E-state index contributed by atoms with van der Waals surface area (Å²) in [5.74, 6) is 1.74. The number of nitrogens with zero attached hydrogens (tertiary/aromatic N) is 1. The largest absolute Gasteiger partial charge is 0.396 e. The van der Waals surface area contributed by atoms with Crippen molar-refractivity contribution in [2.75, 3.05) is 19.7 Å². The molecular weight excluding hydrogens is 264 g/mol. The third-order valence-electron chi connectivity index (χ3n) is 5.15. The summed E-state index contributed by atoms with van der Waals surface area (Å²) in [6.45, 7) is 6.22. The van der Waals surface area contributed by atoms with Crippen LogP contribution in [0, 0.1) is 17.8 Å². The Labute approximate surface area is 129 Å². The van der Waals surface area contributed by atoms with Crippen molar-refractivity contribution in [3.63, 3.8) is 0 Å². The number of hydrogen-bond donors (Lipinski definition) is 2. The number of carbonyl (C=O) groups is 1. The Bertz CT molecular complexity index is 333. The molecule has 0 spiro atoms. The lowest BCUT2D eigenvalue weighted by atomic mass is 9.85. The molecule has 1 aliphatic heterocycles. The monoisotopic (exact) mass is 296 g/mol. The molecule has 0 bridgehead atoms. The minimum atomic E-state index is 0.121. The van der Waals surface area contributed by atoms with E-state index in [1.165, 1.54) is 32.1 Å². The number of urea groups is 1. The average molecular weight is 296 g/mol. The Hall–Kier alpha value is -0.770. The molecule has 1 heterocycles. The van der Waals surface area contributed by atoms with Crippen LogP contribution in [-0.2, 0) is 0 Å². The van der Waals surface area contributed by atoms with Crippen LogP contribution in [-0.4, -0.2) is 41.8 Å². The topological polar surface area (TPSA) is 52.6 Å². The molecule has 2 fully saturated rings. The van der Waals surface area contributed by atoms with Crippen molar-refractivity contribution in [1.82, 2.24) is 10.2 Å². The highest BCUT2D eigenvalue weighted by atomic mass is 16.3. The van der Waals surface area contributed by atoms with E-state index in [-0.39, 0.29) is 12.6 Å². The van der Waals surface area contributed by atoms with E-state index >= 15 is 0 Å². The molecule has 3 atom stereocenters. The fraction of sp³-hybridized carbons (Fsp3) is 0.941. The minimum Gasteiger partial charge on any atom is -0.396 e. The number of likely N-dealkylation sites (tertiary alicyclic amines) is 1. The summed E-state index contributed by atoms with van der Waals surface area (Å²) in [6, 6.07) is 0.608. The molecule has 0 aromatic rings. The molecule has 21 heavy (non-hydrogen) atoms. The maximum absolute atomic E-state index is 12.4. The zero-order chi connectivity index (χ0) is 15.2. The van der Waals surface area contributed by atoms with Crippen molar-refractivity contribution >= 4 is 6.03 Å². The van der Waals surface area contributed by atoms with Gasteiger partial charge in [-0.3, -0.25) is 0 Å². The number of rotatable bonds is 6. The maximum Gasteiger partial charge on any atom is 0.317 e. The van der Waals surface area contributed by atoms with Crippen molar-refractivity contribution in [3.8, 4) is 0 Å². The molecule has 1 saturated heterocycles. The van der Waals surface area contributed by atoms with E-state index in [2.05, 4.69) is 24.1 Å². The highest BCUT2D eigenvalue weighted by Gasteiger charge is 2.38. The molecule has 0 radical (unpaired) electrons. The third-order valence-corrected chi connectivity index (χ3v) is 5.15. The summed E-state index contributed by atoms with van der Waals surface area (Å²) < 4.78 is 0. The fourth-order valence-electron chi connectivity index (χ4n) is 4.14. The van der Waals surface area contributed by atoms with Gasteiger partial charge in [0.05, 0.1) is 0 Å². The number of hydrogen-bond acceptors (Lipinski definition) is 2. The Morgan fingerprint density at radius 1 is 1.29 bits per heavy atom. The SMILES string of the molecule is CC(C)CC(CCO)CNC(=O)N1CCC2CCCCC21. The van der Waals surface area contributed by atoms with Crippen LogP contribution in [0.25, 0.3) is 0 Å². The van der Waals surface area contributed by atoms with E-state index in [0.717, 1.165) is 25.3 Å². The molecule has 4 heteroatoms. The zero-order valence-corrected chi connectivity index (χ0v) is 13.7. The Kier molecular flexibility index (Phi) is 6.34. The molecule has 4 nitrogen and oxygen atoms in total. The molecular formula is C17H32N2O2. The Morgan fingerprint density at radius 2 is 2.05 bits per heavy atom. The number of aliphatic hydroxyl groups is 1. The van der Waals surface area contributed by atoms with Gasteiger partial charge in [0.1, 0.15) is 0 Å². The van der Waals surface area contributed by atoms with Crippen LogP contribution in [0.2, 0.25) is 0 Å². The van der Waals surface area contributed by atoms with Crippen LogP contribution in [0.4, 0.5) is 4.79 Å². The van der Waals surface area contributed by atoms with Crippen LogP contribution in [0.1, 0.15) is 58.8 Å². The molecule has 3 unspecified atom stereocenters. The van der Waals surface area contributed by atoms with Crippen LogP contribution in [0.5, 0.6) is 0 Å². The van der Waals surface area contributed by atoms with Gasteiger partial charge in [-0.15, -0.1) is 0 Å². The van der Waals surface area contributed by atoms with E-state index in [0.29, 0.717) is 24.4 Å².